The van der Waals surface area contributed by atoms with E-state index in [1.54, 1.807) is 0 Å². The number of aliphatic hydroxyl groups excluding tert-OH is 1. The number of nitrogens with zero attached hydrogens (tertiary/aromatic N) is 1. The molecule has 0 aromatic carbocycles. The molecule has 60 valence electrons. The van der Waals surface area contributed by atoms with E-state index in [1.165, 1.54) is 0 Å². The summed E-state index contributed by atoms with van der Waals surface area (Å²) in [4.78, 5) is 3.46. The molecule has 1 aromatic rings. The summed E-state index contributed by atoms with van der Waals surface area (Å²) in [5.41, 5.74) is 0.0916. The maximum atomic E-state index is 12.6. The Bertz CT molecular complexity index is 252. The zero-order valence-electron chi connectivity index (χ0n) is 5.72. The average Bonchev–Trinajstić information content (AvgIpc) is 1.95. The first-order valence-electron chi connectivity index (χ1n) is 3.15. The molecule has 1 aromatic heterocycles. The smallest absolute Gasteiger partial charge is 0.147 e. The van der Waals surface area contributed by atoms with Gasteiger partial charge in [0.2, 0.25) is 0 Å². The summed E-state index contributed by atoms with van der Waals surface area (Å²) in [6.45, 7) is -0.185. The number of aromatic nitrogens is 1. The van der Waals surface area contributed by atoms with Gasteiger partial charge in [0.15, 0.2) is 0 Å². The largest absolute Gasteiger partial charge is 0.396 e. The van der Waals surface area contributed by atoms with Gasteiger partial charge in [0, 0.05) is 19.1 Å². The van der Waals surface area contributed by atoms with E-state index in [1.807, 2.05) is 0 Å². The van der Waals surface area contributed by atoms with E-state index in [0.29, 0.717) is 0 Å². The van der Waals surface area contributed by atoms with Crippen molar-refractivity contribution in [2.75, 3.05) is 6.61 Å². The molecule has 0 saturated heterocycles. The van der Waals surface area contributed by atoms with Gasteiger partial charge in [0.25, 0.3) is 0 Å². The lowest BCUT2D eigenvalue weighted by Crippen LogP contribution is -1.99. The van der Waals surface area contributed by atoms with Crippen molar-refractivity contribution >= 4 is 0 Å². The maximum absolute atomic E-state index is 12.6. The summed E-state index contributed by atoms with van der Waals surface area (Å²) in [7, 11) is 0. The van der Waals surface area contributed by atoms with Gasteiger partial charge in [0.05, 0.1) is 11.9 Å². The van der Waals surface area contributed by atoms with Crippen LogP contribution in [0.4, 0.5) is 8.78 Å². The molecule has 0 bridgehead atoms. The van der Waals surface area contributed by atoms with Gasteiger partial charge in [-0.05, 0) is 0 Å². The number of pyridine rings is 1. The van der Waals surface area contributed by atoms with Crippen LogP contribution >= 0.6 is 0 Å². The molecule has 11 heavy (non-hydrogen) atoms. The van der Waals surface area contributed by atoms with E-state index in [9.17, 15) is 8.78 Å². The lowest BCUT2D eigenvalue weighted by atomic mass is 10.3. The molecule has 0 atom stereocenters. The van der Waals surface area contributed by atoms with Gasteiger partial charge >= 0.3 is 0 Å². The third kappa shape index (κ3) is 1.94. The summed E-state index contributed by atoms with van der Waals surface area (Å²) in [6, 6.07) is 0.748. The van der Waals surface area contributed by atoms with Crippen molar-refractivity contribution in [1.29, 1.82) is 0 Å². The zero-order valence-corrected chi connectivity index (χ0v) is 5.72. The first-order valence-corrected chi connectivity index (χ1v) is 3.15. The van der Waals surface area contributed by atoms with Crippen molar-refractivity contribution in [2.24, 2.45) is 0 Å². The van der Waals surface area contributed by atoms with Crippen molar-refractivity contribution in [1.82, 2.24) is 4.98 Å². The van der Waals surface area contributed by atoms with Gasteiger partial charge < -0.3 is 5.11 Å². The minimum atomic E-state index is -0.709. The first-order chi connectivity index (χ1) is 5.24. The molecule has 0 spiro atoms. The number of hydrogen-bond acceptors (Lipinski definition) is 2. The second kappa shape index (κ2) is 3.39. The standard InChI is InChI=1S/C7H7F2NO/c8-5-3-6(9)7(1-2-11)10-4-5/h3-4,11H,1-2H2. The first kappa shape index (κ1) is 8.07. The summed E-state index contributed by atoms with van der Waals surface area (Å²) in [5, 5.41) is 8.41. The highest BCUT2D eigenvalue weighted by atomic mass is 19.1. The highest BCUT2D eigenvalue weighted by Crippen LogP contribution is 2.05. The summed E-state index contributed by atoms with van der Waals surface area (Å²) < 4.78 is 24.8. The molecule has 4 heteroatoms. The molecule has 0 aliphatic carbocycles. The Kier molecular flexibility index (Phi) is 2.48. The van der Waals surface area contributed by atoms with Gasteiger partial charge in [-0.3, -0.25) is 4.98 Å². The topological polar surface area (TPSA) is 33.1 Å². The van der Waals surface area contributed by atoms with Crippen LogP contribution in [0, 0.1) is 11.6 Å². The second-order valence-corrected chi connectivity index (χ2v) is 2.06. The molecule has 0 aliphatic heterocycles. The van der Waals surface area contributed by atoms with Crippen LogP contribution in [0.2, 0.25) is 0 Å². The minimum absolute atomic E-state index is 0.0916. The summed E-state index contributed by atoms with van der Waals surface area (Å²) in [6.07, 6.45) is 1.04. The van der Waals surface area contributed by atoms with E-state index in [2.05, 4.69) is 4.98 Å². The fraction of sp³-hybridized carbons (Fsp3) is 0.286. The van der Waals surface area contributed by atoms with Crippen LogP contribution in [0.3, 0.4) is 0 Å². The third-order valence-corrected chi connectivity index (χ3v) is 1.23. The Balaban J connectivity index is 2.90. The van der Waals surface area contributed by atoms with E-state index >= 15 is 0 Å². The van der Waals surface area contributed by atoms with E-state index < -0.39 is 11.6 Å². The highest BCUT2D eigenvalue weighted by molar-refractivity contribution is 5.08. The summed E-state index contributed by atoms with van der Waals surface area (Å²) >= 11 is 0. The summed E-state index contributed by atoms with van der Waals surface area (Å²) in [5.74, 6) is -1.41. The van der Waals surface area contributed by atoms with Crippen LogP contribution in [-0.4, -0.2) is 16.7 Å². The molecule has 0 radical (unpaired) electrons. The predicted octanol–water partition coefficient (Wildman–Crippen LogP) is 0.895. The minimum Gasteiger partial charge on any atom is -0.396 e. The van der Waals surface area contributed by atoms with Gasteiger partial charge in [-0.15, -0.1) is 0 Å². The van der Waals surface area contributed by atoms with Crippen molar-refractivity contribution < 1.29 is 13.9 Å². The number of aliphatic hydroxyl groups is 1. The Hall–Kier alpha value is -1.03. The maximum Gasteiger partial charge on any atom is 0.147 e. The van der Waals surface area contributed by atoms with E-state index in [4.69, 9.17) is 5.11 Å². The lowest BCUT2D eigenvalue weighted by Gasteiger charge is -1.97. The normalized spacial score (nSPS) is 10.1. The average molecular weight is 159 g/mol. The highest BCUT2D eigenvalue weighted by Gasteiger charge is 2.03. The van der Waals surface area contributed by atoms with Crippen LogP contribution in [0.25, 0.3) is 0 Å². The van der Waals surface area contributed by atoms with Gasteiger partial charge in [-0.1, -0.05) is 0 Å². The SMILES string of the molecule is OCCc1ncc(F)cc1F. The number of hydrogen-bond donors (Lipinski definition) is 1. The number of rotatable bonds is 2. The van der Waals surface area contributed by atoms with Crippen molar-refractivity contribution in [3.8, 4) is 0 Å². The molecule has 1 heterocycles. The van der Waals surface area contributed by atoms with Gasteiger partial charge in [-0.25, -0.2) is 8.78 Å². The van der Waals surface area contributed by atoms with Crippen LogP contribution in [0.5, 0.6) is 0 Å². The van der Waals surface area contributed by atoms with Crippen molar-refractivity contribution in [3.63, 3.8) is 0 Å². The predicted molar refractivity (Wildman–Crippen MR) is 34.9 cm³/mol. The zero-order chi connectivity index (χ0) is 8.27. The molecule has 0 aliphatic rings. The number of halogens is 2. The Morgan fingerprint density at radius 3 is 2.73 bits per heavy atom. The van der Waals surface area contributed by atoms with Crippen LogP contribution in [0.15, 0.2) is 12.3 Å². The van der Waals surface area contributed by atoms with Crippen LogP contribution in [-0.2, 0) is 6.42 Å². The molecule has 0 saturated carbocycles. The molecular formula is C7H7F2NO. The molecule has 0 unspecified atom stereocenters. The third-order valence-electron chi connectivity index (χ3n) is 1.23. The van der Waals surface area contributed by atoms with E-state index in [-0.39, 0.29) is 18.7 Å². The molecule has 1 N–H and O–H groups in total. The molecule has 0 fully saturated rings. The fourth-order valence-electron chi connectivity index (χ4n) is 0.733. The Morgan fingerprint density at radius 1 is 1.45 bits per heavy atom. The fourth-order valence-corrected chi connectivity index (χ4v) is 0.733. The second-order valence-electron chi connectivity index (χ2n) is 2.06. The van der Waals surface area contributed by atoms with Gasteiger partial charge in [0.1, 0.15) is 11.6 Å². The lowest BCUT2D eigenvalue weighted by molar-refractivity contribution is 0.295. The monoisotopic (exact) mass is 159 g/mol. The Labute approximate surface area is 62.5 Å². The molecular weight excluding hydrogens is 152 g/mol. The quantitative estimate of drug-likeness (QED) is 0.695. The van der Waals surface area contributed by atoms with Crippen LogP contribution < -0.4 is 0 Å². The van der Waals surface area contributed by atoms with Crippen LogP contribution in [0.1, 0.15) is 5.69 Å². The molecule has 0 amide bonds. The molecule has 1 rings (SSSR count). The van der Waals surface area contributed by atoms with Crippen molar-refractivity contribution in [3.05, 3.63) is 29.6 Å². The Morgan fingerprint density at radius 2 is 2.18 bits per heavy atom. The van der Waals surface area contributed by atoms with E-state index in [0.717, 1.165) is 12.3 Å². The van der Waals surface area contributed by atoms with Crippen molar-refractivity contribution in [2.45, 2.75) is 6.42 Å². The van der Waals surface area contributed by atoms with Gasteiger partial charge in [-0.2, -0.15) is 0 Å². The molecule has 2 nitrogen and oxygen atoms in total.